The molecule has 3 rings (SSSR count). The van der Waals surface area contributed by atoms with Gasteiger partial charge in [-0.1, -0.05) is 54.6 Å². The monoisotopic (exact) mass is 349 g/mol. The van der Waals surface area contributed by atoms with E-state index in [4.69, 9.17) is 4.74 Å². The molecule has 0 radical (unpaired) electrons. The number of carbonyl (C=O) groups is 1. The predicted molar refractivity (Wildman–Crippen MR) is 99.3 cm³/mol. The van der Waals surface area contributed by atoms with Crippen LogP contribution in [0.4, 0.5) is 4.79 Å². The van der Waals surface area contributed by atoms with Crippen molar-refractivity contribution in [1.29, 1.82) is 5.26 Å². The van der Waals surface area contributed by atoms with Gasteiger partial charge >= 0.3 is 6.09 Å². The molecule has 0 spiro atoms. The van der Waals surface area contributed by atoms with Crippen molar-refractivity contribution in [2.75, 3.05) is 13.1 Å². The summed E-state index contributed by atoms with van der Waals surface area (Å²) >= 11 is 0. The third-order valence-corrected chi connectivity index (χ3v) is 4.80. The summed E-state index contributed by atoms with van der Waals surface area (Å²) in [5.74, 6) is 0. The first-order chi connectivity index (χ1) is 12.7. The van der Waals surface area contributed by atoms with Crippen LogP contribution in [0.1, 0.15) is 29.5 Å². The van der Waals surface area contributed by atoms with E-state index in [0.29, 0.717) is 6.54 Å². The Hall–Kier alpha value is -2.84. The number of rotatable bonds is 5. The maximum absolute atomic E-state index is 11.9. The van der Waals surface area contributed by atoms with Gasteiger partial charge in [-0.05, 0) is 42.6 Å². The van der Waals surface area contributed by atoms with E-state index in [9.17, 15) is 10.1 Å². The summed E-state index contributed by atoms with van der Waals surface area (Å²) in [6.07, 6.45) is 1.16. The van der Waals surface area contributed by atoms with Crippen molar-refractivity contribution in [3.05, 3.63) is 71.3 Å². The molecular formula is C21H23N3O2. The van der Waals surface area contributed by atoms with E-state index >= 15 is 0 Å². The Balaban J connectivity index is 1.57. The highest BCUT2D eigenvalue weighted by atomic mass is 16.5. The molecular weight excluding hydrogens is 326 g/mol. The van der Waals surface area contributed by atoms with Gasteiger partial charge in [-0.15, -0.1) is 0 Å². The van der Waals surface area contributed by atoms with E-state index in [1.165, 1.54) is 0 Å². The number of amides is 1. The molecule has 1 aliphatic rings. The number of hydrogen-bond acceptors (Lipinski definition) is 4. The molecule has 0 saturated carbocycles. The third-order valence-electron chi connectivity index (χ3n) is 4.80. The highest BCUT2D eigenvalue weighted by Crippen LogP contribution is 2.33. The molecule has 26 heavy (non-hydrogen) atoms. The quantitative estimate of drug-likeness (QED) is 0.869. The summed E-state index contributed by atoms with van der Waals surface area (Å²) in [6, 6.07) is 20.0. The number of nitriles is 1. The lowest BCUT2D eigenvalue weighted by Gasteiger charge is -2.32. The van der Waals surface area contributed by atoms with Crippen molar-refractivity contribution in [3.8, 4) is 6.07 Å². The summed E-state index contributed by atoms with van der Waals surface area (Å²) in [7, 11) is 0. The number of piperidine rings is 1. The number of hydrogen-bond donors (Lipinski definition) is 2. The largest absolute Gasteiger partial charge is 0.445 e. The topological polar surface area (TPSA) is 74.2 Å². The van der Waals surface area contributed by atoms with Crippen molar-refractivity contribution < 1.29 is 9.53 Å². The average molecular weight is 349 g/mol. The lowest BCUT2D eigenvalue weighted by Crippen LogP contribution is -2.38. The number of ether oxygens (including phenoxy) is 1. The van der Waals surface area contributed by atoms with Crippen LogP contribution in [0.5, 0.6) is 0 Å². The van der Waals surface area contributed by atoms with E-state index < -0.39 is 11.5 Å². The van der Waals surface area contributed by atoms with Gasteiger partial charge in [0.25, 0.3) is 0 Å². The fraction of sp³-hybridized carbons (Fsp3) is 0.333. The van der Waals surface area contributed by atoms with E-state index in [0.717, 1.165) is 42.6 Å². The van der Waals surface area contributed by atoms with E-state index in [-0.39, 0.29) is 6.61 Å². The Morgan fingerprint density at radius 1 is 1.12 bits per heavy atom. The maximum Gasteiger partial charge on any atom is 0.407 e. The second kappa shape index (κ2) is 8.50. The average Bonchev–Trinajstić information content (AvgIpc) is 2.72. The number of carbonyl (C=O) groups excluding carboxylic acids is 1. The van der Waals surface area contributed by atoms with Crippen LogP contribution >= 0.6 is 0 Å². The van der Waals surface area contributed by atoms with Gasteiger partial charge < -0.3 is 15.4 Å². The molecule has 2 N–H and O–H groups in total. The molecule has 1 amide bonds. The first-order valence-corrected chi connectivity index (χ1v) is 8.88. The van der Waals surface area contributed by atoms with E-state index in [1.807, 2.05) is 54.6 Å². The Morgan fingerprint density at radius 2 is 1.85 bits per heavy atom. The zero-order valence-electron chi connectivity index (χ0n) is 14.7. The van der Waals surface area contributed by atoms with Crippen LogP contribution in [0, 0.1) is 11.3 Å². The van der Waals surface area contributed by atoms with Crippen LogP contribution in [0.25, 0.3) is 0 Å². The second-order valence-corrected chi connectivity index (χ2v) is 6.56. The van der Waals surface area contributed by atoms with Crippen molar-refractivity contribution in [1.82, 2.24) is 10.6 Å². The fourth-order valence-electron chi connectivity index (χ4n) is 3.25. The molecule has 1 saturated heterocycles. The number of benzene rings is 2. The van der Waals surface area contributed by atoms with Crippen molar-refractivity contribution in [2.24, 2.45) is 0 Å². The summed E-state index contributed by atoms with van der Waals surface area (Å²) in [4.78, 5) is 11.9. The van der Waals surface area contributed by atoms with Gasteiger partial charge in [-0.2, -0.15) is 5.26 Å². The Labute approximate surface area is 154 Å². The van der Waals surface area contributed by atoms with Crippen molar-refractivity contribution >= 4 is 6.09 Å². The van der Waals surface area contributed by atoms with Gasteiger partial charge in [0.2, 0.25) is 0 Å². The molecule has 1 aliphatic heterocycles. The smallest absolute Gasteiger partial charge is 0.407 e. The Bertz CT molecular complexity index is 777. The normalized spacial score (nSPS) is 15.7. The first kappa shape index (κ1) is 18.0. The molecule has 5 heteroatoms. The van der Waals surface area contributed by atoms with Crippen LogP contribution in [0.2, 0.25) is 0 Å². The van der Waals surface area contributed by atoms with Gasteiger partial charge in [-0.3, -0.25) is 0 Å². The predicted octanol–water partition coefficient (Wildman–Crippen LogP) is 3.26. The first-order valence-electron chi connectivity index (χ1n) is 8.88. The minimum absolute atomic E-state index is 0.247. The number of nitrogens with zero attached hydrogens (tertiary/aromatic N) is 1. The molecule has 134 valence electrons. The van der Waals surface area contributed by atoms with Crippen LogP contribution in [0.3, 0.4) is 0 Å². The van der Waals surface area contributed by atoms with E-state index in [2.05, 4.69) is 16.7 Å². The van der Waals surface area contributed by atoms with Crippen LogP contribution in [-0.4, -0.2) is 19.2 Å². The molecule has 5 nitrogen and oxygen atoms in total. The second-order valence-electron chi connectivity index (χ2n) is 6.56. The van der Waals surface area contributed by atoms with Crippen LogP contribution in [0.15, 0.2) is 54.6 Å². The molecule has 0 unspecified atom stereocenters. The summed E-state index contributed by atoms with van der Waals surface area (Å²) in [5, 5.41) is 15.8. The molecule has 1 heterocycles. The van der Waals surface area contributed by atoms with E-state index in [1.54, 1.807) is 0 Å². The minimum atomic E-state index is -0.448. The van der Waals surface area contributed by atoms with Gasteiger partial charge in [0.05, 0.1) is 11.5 Å². The Kier molecular flexibility index (Phi) is 5.88. The molecule has 1 fully saturated rings. The van der Waals surface area contributed by atoms with Crippen LogP contribution < -0.4 is 10.6 Å². The molecule has 0 atom stereocenters. The van der Waals surface area contributed by atoms with Gasteiger partial charge in [0.1, 0.15) is 6.61 Å². The summed E-state index contributed by atoms with van der Waals surface area (Å²) in [6.45, 7) is 2.32. The summed E-state index contributed by atoms with van der Waals surface area (Å²) in [5.41, 5.74) is 2.51. The van der Waals surface area contributed by atoms with Gasteiger partial charge in [-0.25, -0.2) is 4.79 Å². The molecule has 2 aromatic rings. The molecule has 0 aromatic heterocycles. The van der Waals surface area contributed by atoms with Gasteiger partial charge in [0, 0.05) is 6.54 Å². The fourth-order valence-corrected chi connectivity index (χ4v) is 3.25. The maximum atomic E-state index is 11.9. The highest BCUT2D eigenvalue weighted by molar-refractivity contribution is 5.67. The zero-order chi connectivity index (χ0) is 18.2. The zero-order valence-corrected chi connectivity index (χ0v) is 14.7. The van der Waals surface area contributed by atoms with Crippen LogP contribution in [-0.2, 0) is 23.3 Å². The summed E-state index contributed by atoms with van der Waals surface area (Å²) < 4.78 is 5.23. The molecule has 2 aromatic carbocycles. The number of alkyl carbamates (subject to hydrolysis) is 1. The number of nitrogens with one attached hydrogen (secondary N) is 2. The van der Waals surface area contributed by atoms with Crippen molar-refractivity contribution in [2.45, 2.75) is 31.4 Å². The third kappa shape index (κ3) is 4.41. The SMILES string of the molecule is N#CC1(c2cccc(CNC(=O)OCc3ccccc3)c2)CCNCC1. The Morgan fingerprint density at radius 3 is 2.58 bits per heavy atom. The lowest BCUT2D eigenvalue weighted by molar-refractivity contribution is 0.139. The lowest BCUT2D eigenvalue weighted by atomic mass is 9.74. The molecule has 0 bridgehead atoms. The van der Waals surface area contributed by atoms with Gasteiger partial charge in [0.15, 0.2) is 0 Å². The van der Waals surface area contributed by atoms with Crippen molar-refractivity contribution in [3.63, 3.8) is 0 Å². The molecule has 0 aliphatic carbocycles. The highest BCUT2D eigenvalue weighted by Gasteiger charge is 2.33. The standard InChI is InChI=1S/C21H23N3O2/c22-16-21(9-11-23-12-10-21)19-8-4-7-18(13-19)14-24-20(25)26-15-17-5-2-1-3-6-17/h1-8,13,23H,9-12,14-15H2,(H,24,25). The minimum Gasteiger partial charge on any atom is -0.445 e.